The lowest BCUT2D eigenvalue weighted by Gasteiger charge is -2.11. The summed E-state index contributed by atoms with van der Waals surface area (Å²) in [7, 11) is 0. The third-order valence-corrected chi connectivity index (χ3v) is 3.91. The average Bonchev–Trinajstić information content (AvgIpc) is 2.55. The number of nitrogens with one attached hydrogen (secondary N) is 1. The summed E-state index contributed by atoms with van der Waals surface area (Å²) in [5.41, 5.74) is 5.71. The van der Waals surface area contributed by atoms with E-state index in [0.29, 0.717) is 22.4 Å². The number of carbonyl (C=O) groups is 1. The van der Waals surface area contributed by atoms with E-state index in [9.17, 15) is 15.0 Å². The second-order valence-corrected chi connectivity index (χ2v) is 5.90. The van der Waals surface area contributed by atoms with Crippen LogP contribution in [0.1, 0.15) is 27.8 Å². The van der Waals surface area contributed by atoms with E-state index in [2.05, 4.69) is 10.5 Å². The normalized spacial score (nSPS) is 10.9. The summed E-state index contributed by atoms with van der Waals surface area (Å²) in [6, 6.07) is 7.28. The maximum Gasteiger partial charge on any atom is 0.277 e. The second kappa shape index (κ2) is 7.70. The van der Waals surface area contributed by atoms with E-state index in [1.807, 2.05) is 32.0 Å². The summed E-state index contributed by atoms with van der Waals surface area (Å²) < 4.78 is 5.55. The smallest absolute Gasteiger partial charge is 0.277 e. The molecule has 132 valence electrons. The maximum atomic E-state index is 11.9. The number of aryl methyl sites for hydroxylation is 3. The monoisotopic (exact) mass is 342 g/mol. The van der Waals surface area contributed by atoms with Crippen molar-refractivity contribution >= 4 is 12.1 Å². The molecule has 0 aliphatic heterocycles. The Kier molecular flexibility index (Phi) is 5.64. The van der Waals surface area contributed by atoms with Crippen LogP contribution in [-0.4, -0.2) is 28.9 Å². The number of ether oxygens (including phenoxy) is 1. The molecule has 2 rings (SSSR count). The van der Waals surface area contributed by atoms with Crippen LogP contribution in [0, 0.1) is 27.7 Å². The van der Waals surface area contributed by atoms with Crippen LogP contribution < -0.4 is 10.2 Å². The van der Waals surface area contributed by atoms with Crippen LogP contribution >= 0.6 is 0 Å². The van der Waals surface area contributed by atoms with Crippen molar-refractivity contribution < 1.29 is 19.7 Å². The molecule has 2 aromatic rings. The highest BCUT2D eigenvalue weighted by Crippen LogP contribution is 2.31. The number of aromatic hydroxyl groups is 2. The summed E-state index contributed by atoms with van der Waals surface area (Å²) >= 11 is 0. The molecule has 0 aliphatic rings. The van der Waals surface area contributed by atoms with Crippen LogP contribution in [0.25, 0.3) is 0 Å². The minimum atomic E-state index is -0.411. The van der Waals surface area contributed by atoms with Crippen molar-refractivity contribution in [3.63, 3.8) is 0 Å². The third kappa shape index (κ3) is 4.29. The van der Waals surface area contributed by atoms with Crippen molar-refractivity contribution in [1.29, 1.82) is 0 Å². The van der Waals surface area contributed by atoms with Gasteiger partial charge in [0.15, 0.2) is 6.61 Å². The van der Waals surface area contributed by atoms with Crippen molar-refractivity contribution in [1.82, 2.24) is 5.43 Å². The van der Waals surface area contributed by atoms with Gasteiger partial charge in [0, 0.05) is 11.1 Å². The van der Waals surface area contributed by atoms with Gasteiger partial charge in [-0.25, -0.2) is 5.43 Å². The van der Waals surface area contributed by atoms with Gasteiger partial charge in [0.25, 0.3) is 5.91 Å². The molecule has 0 radical (unpaired) electrons. The summed E-state index contributed by atoms with van der Waals surface area (Å²) in [6.45, 7) is 6.99. The molecule has 3 N–H and O–H groups in total. The van der Waals surface area contributed by atoms with Crippen LogP contribution in [0.2, 0.25) is 0 Å². The predicted molar refractivity (Wildman–Crippen MR) is 96.4 cm³/mol. The summed E-state index contributed by atoms with van der Waals surface area (Å²) in [5.74, 6) is 0.219. The first-order chi connectivity index (χ1) is 11.8. The topological polar surface area (TPSA) is 91.1 Å². The van der Waals surface area contributed by atoms with Crippen molar-refractivity contribution in [2.75, 3.05) is 6.61 Å². The lowest BCUT2D eigenvalue weighted by Crippen LogP contribution is -2.25. The van der Waals surface area contributed by atoms with Crippen molar-refractivity contribution in [3.8, 4) is 17.2 Å². The molecule has 0 saturated carbocycles. The lowest BCUT2D eigenvalue weighted by molar-refractivity contribution is -0.123. The molecule has 0 bridgehead atoms. The Bertz CT molecular complexity index is 808. The van der Waals surface area contributed by atoms with Gasteiger partial charge in [-0.2, -0.15) is 5.10 Å². The first-order valence-electron chi connectivity index (χ1n) is 7.84. The molecule has 0 atom stereocenters. The van der Waals surface area contributed by atoms with Gasteiger partial charge in [-0.05, 0) is 50.5 Å². The highest BCUT2D eigenvalue weighted by molar-refractivity contribution is 5.88. The molecule has 25 heavy (non-hydrogen) atoms. The molecule has 6 nitrogen and oxygen atoms in total. The molecule has 0 aromatic heterocycles. The van der Waals surface area contributed by atoms with E-state index in [1.165, 1.54) is 12.3 Å². The number of benzene rings is 2. The number of hydrogen-bond acceptors (Lipinski definition) is 5. The molecule has 0 heterocycles. The zero-order valence-corrected chi connectivity index (χ0v) is 14.8. The van der Waals surface area contributed by atoms with E-state index in [-0.39, 0.29) is 18.1 Å². The van der Waals surface area contributed by atoms with Gasteiger partial charge in [0.1, 0.15) is 17.2 Å². The first kappa shape index (κ1) is 18.3. The summed E-state index contributed by atoms with van der Waals surface area (Å²) in [4.78, 5) is 11.9. The number of phenols is 2. The van der Waals surface area contributed by atoms with Gasteiger partial charge in [-0.15, -0.1) is 0 Å². The average molecular weight is 342 g/mol. The zero-order chi connectivity index (χ0) is 18.6. The fourth-order valence-electron chi connectivity index (χ4n) is 2.43. The zero-order valence-electron chi connectivity index (χ0n) is 14.8. The van der Waals surface area contributed by atoms with Crippen LogP contribution in [-0.2, 0) is 4.79 Å². The molecule has 1 amide bonds. The number of para-hydroxylation sites is 1. The molecular formula is C19H22N2O4. The lowest BCUT2D eigenvalue weighted by atomic mass is 10.0. The highest BCUT2D eigenvalue weighted by Gasteiger charge is 2.11. The van der Waals surface area contributed by atoms with Gasteiger partial charge in [0.05, 0.1) is 6.21 Å². The Morgan fingerprint density at radius 2 is 1.80 bits per heavy atom. The molecule has 2 aromatic carbocycles. The van der Waals surface area contributed by atoms with Crippen molar-refractivity contribution in [2.24, 2.45) is 5.10 Å². The predicted octanol–water partition coefficient (Wildman–Crippen LogP) is 2.86. The number of amides is 1. The fraction of sp³-hybridized carbons (Fsp3) is 0.263. The number of phenolic OH excluding ortho intramolecular Hbond substituents is 2. The molecule has 0 spiro atoms. The minimum Gasteiger partial charge on any atom is -0.508 e. The van der Waals surface area contributed by atoms with E-state index in [4.69, 9.17) is 4.74 Å². The summed E-state index contributed by atoms with van der Waals surface area (Å²) in [5, 5.41) is 23.5. The number of hydrazone groups is 1. The Morgan fingerprint density at radius 1 is 1.16 bits per heavy atom. The number of carbonyl (C=O) groups excluding carboxylic acids is 1. The largest absolute Gasteiger partial charge is 0.508 e. The van der Waals surface area contributed by atoms with Gasteiger partial charge in [0.2, 0.25) is 0 Å². The van der Waals surface area contributed by atoms with E-state index < -0.39 is 5.91 Å². The molecule has 6 heteroatoms. The third-order valence-electron chi connectivity index (χ3n) is 3.91. The van der Waals surface area contributed by atoms with Gasteiger partial charge in [-0.3, -0.25) is 4.79 Å². The molecule has 0 saturated heterocycles. The molecule has 0 aliphatic carbocycles. The molecule has 0 fully saturated rings. The second-order valence-electron chi connectivity index (χ2n) is 5.90. The van der Waals surface area contributed by atoms with Crippen molar-refractivity contribution in [3.05, 3.63) is 52.1 Å². The SMILES string of the molecule is Cc1cc(O)c(C)c(O)c1C=NNC(=O)COc1c(C)cccc1C. The Hall–Kier alpha value is -3.02. The first-order valence-corrected chi connectivity index (χ1v) is 7.84. The van der Waals surface area contributed by atoms with Crippen LogP contribution in [0.5, 0.6) is 17.2 Å². The van der Waals surface area contributed by atoms with Gasteiger partial charge >= 0.3 is 0 Å². The molecular weight excluding hydrogens is 320 g/mol. The maximum absolute atomic E-state index is 11.9. The van der Waals surface area contributed by atoms with Gasteiger partial charge in [-0.1, -0.05) is 18.2 Å². The summed E-state index contributed by atoms with van der Waals surface area (Å²) in [6.07, 6.45) is 1.34. The Morgan fingerprint density at radius 3 is 2.44 bits per heavy atom. The van der Waals surface area contributed by atoms with Crippen LogP contribution in [0.15, 0.2) is 29.4 Å². The Balaban J connectivity index is 1.99. The van der Waals surface area contributed by atoms with E-state index in [1.54, 1.807) is 13.8 Å². The number of rotatable bonds is 5. The van der Waals surface area contributed by atoms with Crippen molar-refractivity contribution in [2.45, 2.75) is 27.7 Å². The van der Waals surface area contributed by atoms with E-state index in [0.717, 1.165) is 11.1 Å². The fourth-order valence-corrected chi connectivity index (χ4v) is 2.43. The highest BCUT2D eigenvalue weighted by atomic mass is 16.5. The quantitative estimate of drug-likeness (QED) is 0.575. The number of hydrogen-bond donors (Lipinski definition) is 3. The minimum absolute atomic E-state index is 0.0122. The van der Waals surface area contributed by atoms with Crippen LogP contribution in [0.4, 0.5) is 0 Å². The standard InChI is InChI=1S/C19H22N2O4/c1-11-6-5-7-12(2)19(11)25-10-17(23)21-20-9-15-13(3)8-16(22)14(4)18(15)24/h5-9,22,24H,10H2,1-4H3,(H,21,23). The van der Waals surface area contributed by atoms with Crippen LogP contribution in [0.3, 0.4) is 0 Å². The number of nitrogens with zero attached hydrogens (tertiary/aromatic N) is 1. The molecule has 0 unspecified atom stereocenters. The Labute approximate surface area is 146 Å². The van der Waals surface area contributed by atoms with E-state index >= 15 is 0 Å². The van der Waals surface area contributed by atoms with Gasteiger partial charge < -0.3 is 14.9 Å².